The van der Waals surface area contributed by atoms with Gasteiger partial charge in [0.2, 0.25) is 0 Å². The summed E-state index contributed by atoms with van der Waals surface area (Å²) in [6, 6.07) is 19.3. The van der Waals surface area contributed by atoms with Crippen molar-refractivity contribution in [1.29, 1.82) is 0 Å². The maximum atomic E-state index is 13.7. The third kappa shape index (κ3) is 5.80. The van der Waals surface area contributed by atoms with E-state index in [2.05, 4.69) is 0 Å². The van der Waals surface area contributed by atoms with Crippen LogP contribution in [0.25, 0.3) is 0 Å². The van der Waals surface area contributed by atoms with Crippen molar-refractivity contribution < 1.29 is 39.4 Å². The molecular weight excluding hydrogens is 602 g/mol. The van der Waals surface area contributed by atoms with Crippen molar-refractivity contribution in [2.45, 2.75) is 27.9 Å². The lowest BCUT2D eigenvalue weighted by molar-refractivity contribution is -0.0496. The molecule has 6 nitrogen and oxygen atoms in total. The molecule has 14 heteroatoms. The summed E-state index contributed by atoms with van der Waals surface area (Å²) < 4.78 is 89.2. The average molecular weight is 623 g/mol. The predicted molar refractivity (Wildman–Crippen MR) is 144 cm³/mol. The molecule has 0 aliphatic carbocycles. The van der Waals surface area contributed by atoms with Gasteiger partial charge < -0.3 is 14.2 Å². The Morgan fingerprint density at radius 2 is 1.18 bits per heavy atom. The van der Waals surface area contributed by atoms with Crippen molar-refractivity contribution in [2.75, 3.05) is 21.3 Å². The van der Waals surface area contributed by atoms with E-state index in [4.69, 9.17) is 17.8 Å². The van der Waals surface area contributed by atoms with E-state index in [1.807, 2.05) is 12.1 Å². The van der Waals surface area contributed by atoms with E-state index in [0.717, 1.165) is 19.8 Å². The van der Waals surface area contributed by atoms with Gasteiger partial charge in [-0.05, 0) is 83.1 Å². The molecule has 0 spiro atoms. The Morgan fingerprint density at radius 1 is 0.684 bits per heavy atom. The van der Waals surface area contributed by atoms with Crippen LogP contribution < -0.4 is 14.2 Å². The largest absolute Gasteiger partial charge is 0.524 e. The fourth-order valence-electron chi connectivity index (χ4n) is 3.27. The number of methoxy groups -OCH3 is 3. The maximum absolute atomic E-state index is 13.7. The number of ether oxygens (including phenoxy) is 3. The molecule has 0 N–H and O–H groups in total. The van der Waals surface area contributed by atoms with Crippen molar-refractivity contribution in [3.8, 4) is 16.6 Å². The van der Waals surface area contributed by atoms with Crippen LogP contribution in [-0.4, -0.2) is 35.3 Å². The minimum atomic E-state index is -6.02. The van der Waals surface area contributed by atoms with Crippen molar-refractivity contribution in [1.82, 2.24) is 0 Å². The maximum Gasteiger partial charge on any atom is 0.524 e. The number of thiophene rings is 2. The van der Waals surface area contributed by atoms with Gasteiger partial charge in [0, 0.05) is 9.79 Å². The number of hydrogen-bond acceptors (Lipinski definition) is 9. The predicted octanol–water partition coefficient (Wildman–Crippen LogP) is 8.05. The van der Waals surface area contributed by atoms with Gasteiger partial charge in [0.15, 0.2) is 5.06 Å². The van der Waals surface area contributed by atoms with Crippen LogP contribution >= 0.6 is 44.7 Å². The molecule has 0 saturated heterocycles. The van der Waals surface area contributed by atoms with Crippen LogP contribution in [0.3, 0.4) is 0 Å². The van der Waals surface area contributed by atoms with E-state index in [1.165, 1.54) is 61.6 Å². The van der Waals surface area contributed by atoms with Crippen molar-refractivity contribution in [3.63, 3.8) is 0 Å². The first-order valence-corrected chi connectivity index (χ1v) is 16.0. The fraction of sp³-hybridized carbons (Fsp3) is 0.167. The van der Waals surface area contributed by atoms with Gasteiger partial charge in [-0.1, -0.05) is 23.1 Å². The second kappa shape index (κ2) is 11.4. The molecule has 2 aromatic carbocycles. The fourth-order valence-corrected chi connectivity index (χ4v) is 12.3. The van der Waals surface area contributed by atoms with Crippen molar-refractivity contribution in [3.05, 3.63) is 72.8 Å². The monoisotopic (exact) mass is 622 g/mol. The molecule has 204 valence electrons. The minimum absolute atomic E-state index is 0.243. The lowest BCUT2D eigenvalue weighted by Gasteiger charge is -2.38. The van der Waals surface area contributed by atoms with Gasteiger partial charge in [-0.3, -0.25) is 0 Å². The van der Waals surface area contributed by atoms with Crippen LogP contribution in [0.4, 0.5) is 13.2 Å². The molecule has 0 saturated carbocycles. The van der Waals surface area contributed by atoms with Gasteiger partial charge in [-0.25, -0.2) is 0 Å². The Labute approximate surface area is 232 Å². The third-order valence-corrected chi connectivity index (χ3v) is 13.9. The second-order valence-corrected chi connectivity index (χ2v) is 15.7. The molecule has 4 aromatic rings. The van der Waals surface area contributed by atoms with Crippen molar-refractivity contribution >= 4 is 54.9 Å². The number of rotatable bonds is 10. The highest BCUT2D eigenvalue weighted by Gasteiger charge is 2.53. The van der Waals surface area contributed by atoms with Crippen LogP contribution in [0, 0.1) is 0 Å². The Morgan fingerprint density at radius 3 is 1.63 bits per heavy atom. The van der Waals surface area contributed by atoms with Crippen LogP contribution in [0.2, 0.25) is 0 Å². The van der Waals surface area contributed by atoms with E-state index in [0.29, 0.717) is 20.8 Å². The molecule has 2 aromatic heterocycles. The number of halogens is 3. The molecule has 0 fully saturated rings. The highest BCUT2D eigenvalue weighted by Crippen LogP contribution is 2.72. The lowest BCUT2D eigenvalue weighted by Crippen LogP contribution is -2.27. The Bertz CT molecular complexity index is 1430. The molecule has 0 bridgehead atoms. The summed E-state index contributed by atoms with van der Waals surface area (Å²) >= 11 is 3.96. The molecular formula is C24H21F3O6S5. The zero-order valence-electron chi connectivity index (χ0n) is 20.1. The molecule has 0 amide bonds. The zero-order valence-corrected chi connectivity index (χ0v) is 24.1. The van der Waals surface area contributed by atoms with Crippen LogP contribution in [0.15, 0.2) is 95.2 Å². The van der Waals surface area contributed by atoms with E-state index < -0.39 is 25.9 Å². The smallest absolute Gasteiger partial charge is 0.497 e. The highest BCUT2D eigenvalue weighted by molar-refractivity contribution is 8.34. The number of alkyl halides is 3. The highest BCUT2D eigenvalue weighted by atomic mass is 32.3. The summed E-state index contributed by atoms with van der Waals surface area (Å²) in [6.07, 6.45) is 0. The van der Waals surface area contributed by atoms with Gasteiger partial charge in [0.25, 0.3) is 0 Å². The van der Waals surface area contributed by atoms with E-state index in [1.54, 1.807) is 43.5 Å². The quantitative estimate of drug-likeness (QED) is 0.166. The number of benzene rings is 2. The summed E-state index contributed by atoms with van der Waals surface area (Å²) in [6.45, 7) is 0. The van der Waals surface area contributed by atoms with Crippen LogP contribution in [0.5, 0.6) is 16.6 Å². The van der Waals surface area contributed by atoms with Crippen LogP contribution in [0.1, 0.15) is 0 Å². The van der Waals surface area contributed by atoms with E-state index in [-0.39, 0.29) is 9.79 Å². The first-order valence-electron chi connectivity index (χ1n) is 10.6. The Kier molecular flexibility index (Phi) is 8.59. The first kappa shape index (κ1) is 28.6. The number of hydrogen-bond donors (Lipinski definition) is 0. The Hall–Kier alpha value is -2.36. The first-order chi connectivity index (χ1) is 18.0. The molecule has 0 aliphatic rings. The molecule has 2 heterocycles. The molecule has 38 heavy (non-hydrogen) atoms. The summed E-state index contributed by atoms with van der Waals surface area (Å²) in [5, 5.41) is 0.709. The van der Waals surface area contributed by atoms with E-state index >= 15 is 0 Å². The summed E-state index contributed by atoms with van der Waals surface area (Å²) in [7, 11) is -4.99. The topological polar surface area (TPSA) is 71.1 Å². The summed E-state index contributed by atoms with van der Waals surface area (Å²) in [5.74, 6) is 0.897. The molecule has 0 unspecified atom stereocenters. The SMILES string of the molecule is COc1ccc(S(OS(=O)(=O)C(F)(F)F)(c2ccc(OC)cc2)c2ccc(Sc3ccc(OC)s3)s2)cc1. The summed E-state index contributed by atoms with van der Waals surface area (Å²) in [5.41, 5.74) is -5.63. The standard InChI is InChI=1S/C24H21F3O6S5/c1-30-16-4-8-18(9-5-16)37(33-38(28,29)24(25,26)27,19-10-6-17(31-2)7-11-19)23-15-14-22(36-23)35-21-13-12-20(32-3)34-21/h4-15H,1-3H3. The zero-order chi connectivity index (χ0) is 27.6. The minimum Gasteiger partial charge on any atom is -0.497 e. The van der Waals surface area contributed by atoms with Crippen molar-refractivity contribution in [2.24, 2.45) is 0 Å². The molecule has 4 rings (SSSR count). The molecule has 0 atom stereocenters. The van der Waals surface area contributed by atoms with Gasteiger partial charge in [0.05, 0.1) is 34.0 Å². The normalized spacial score (nSPS) is 12.8. The van der Waals surface area contributed by atoms with Gasteiger partial charge in [0.1, 0.15) is 11.5 Å². The second-order valence-electron chi connectivity index (χ2n) is 7.33. The van der Waals surface area contributed by atoms with Gasteiger partial charge in [-0.2, -0.15) is 25.2 Å². The van der Waals surface area contributed by atoms with Gasteiger partial charge >= 0.3 is 15.6 Å². The average Bonchev–Trinajstić information content (AvgIpc) is 3.57. The third-order valence-electron chi connectivity index (χ3n) is 5.06. The molecule has 0 aliphatic heterocycles. The van der Waals surface area contributed by atoms with E-state index in [9.17, 15) is 21.6 Å². The van der Waals surface area contributed by atoms with Gasteiger partial charge in [-0.15, -0.1) is 11.3 Å². The summed E-state index contributed by atoms with van der Waals surface area (Å²) in [4.78, 5) is 0.486. The Balaban J connectivity index is 1.93. The van der Waals surface area contributed by atoms with Crippen LogP contribution in [-0.2, 0) is 13.7 Å². The molecule has 0 radical (unpaired) electrons. The lowest BCUT2D eigenvalue weighted by atomic mass is 10.3.